The van der Waals surface area contributed by atoms with Crippen LogP contribution in [0.1, 0.15) is 45.0 Å². The lowest BCUT2D eigenvalue weighted by molar-refractivity contribution is 0.205. The van der Waals surface area contributed by atoms with Crippen LogP contribution in [0, 0.1) is 5.82 Å². The number of methoxy groups -OCH3 is 3. The fourth-order valence-electron chi connectivity index (χ4n) is 12.9. The Morgan fingerprint density at radius 1 is 0.364 bits per heavy atom. The van der Waals surface area contributed by atoms with Crippen LogP contribution in [-0.4, -0.2) is 132 Å². The van der Waals surface area contributed by atoms with Crippen molar-refractivity contribution in [3.8, 4) is 62.3 Å². The summed E-state index contributed by atoms with van der Waals surface area (Å²) in [6, 6.07) is 57.5. The molecule has 16 rings (SSSR count). The second-order valence-corrected chi connectivity index (χ2v) is 27.0. The van der Waals surface area contributed by atoms with Gasteiger partial charge < -0.3 is 55.1 Å². The van der Waals surface area contributed by atoms with Gasteiger partial charge in [0.25, 0.3) is 0 Å². The van der Waals surface area contributed by atoms with Gasteiger partial charge in [-0.25, -0.2) is 23.6 Å². The number of ether oxygens (including phenoxy) is 3. The van der Waals surface area contributed by atoms with Gasteiger partial charge in [0.15, 0.2) is 0 Å². The lowest BCUT2D eigenvalue weighted by Gasteiger charge is -2.27. The number of benzene rings is 8. The number of anilines is 4. The summed E-state index contributed by atoms with van der Waals surface area (Å²) in [7, 11) is 4.92. The molecule has 28 heteroatoms. The highest BCUT2D eigenvalue weighted by Crippen LogP contribution is 2.37. The molecule has 8 heterocycles. The molecule has 4 aliphatic rings. The summed E-state index contributed by atoms with van der Waals surface area (Å²) in [5.74, 6) is 2.00. The van der Waals surface area contributed by atoms with Crippen LogP contribution in [0.25, 0.3) is 45.0 Å². The number of aromatic amines is 4. The molecule has 8 N–H and O–H groups in total. The summed E-state index contributed by atoms with van der Waals surface area (Å²) < 4.78 is 30.1. The Morgan fingerprint density at radius 3 is 1.09 bits per heavy atom. The molecule has 546 valence electrons. The second-order valence-electron chi connectivity index (χ2n) is 25.2. The normalized spacial score (nSPS) is 13.2. The van der Waals surface area contributed by atoms with Crippen molar-refractivity contribution in [3.63, 3.8) is 0 Å². The van der Waals surface area contributed by atoms with Gasteiger partial charge in [-0.1, -0.05) is 107 Å². The van der Waals surface area contributed by atoms with E-state index in [0.717, 1.165) is 115 Å². The highest BCUT2D eigenvalue weighted by atomic mass is 35.5. The topological polar surface area (TPSA) is 272 Å². The fourth-order valence-corrected chi connectivity index (χ4v) is 13.6. The van der Waals surface area contributed by atoms with Crippen molar-refractivity contribution < 1.29 is 37.8 Å². The maximum Gasteiger partial charge on any atom is 0.322 e. The first-order valence-electron chi connectivity index (χ1n) is 34.2. The number of carbonyl (C=O) groups excluding carboxylic acids is 4. The van der Waals surface area contributed by atoms with E-state index in [4.69, 9.17) is 60.6 Å². The number of amides is 8. The van der Waals surface area contributed by atoms with Crippen molar-refractivity contribution in [1.29, 1.82) is 0 Å². The zero-order valence-electron chi connectivity index (χ0n) is 58.3. The predicted octanol–water partition coefficient (Wildman–Crippen LogP) is 17.4. The summed E-state index contributed by atoms with van der Waals surface area (Å²) >= 11 is 23.9. The molecule has 0 atom stereocenters. The Hall–Kier alpha value is -11.8. The first-order valence-corrected chi connectivity index (χ1v) is 35.7. The van der Waals surface area contributed by atoms with Crippen molar-refractivity contribution in [2.45, 2.75) is 51.9 Å². The van der Waals surface area contributed by atoms with E-state index in [0.29, 0.717) is 113 Å². The minimum Gasteiger partial charge on any atom is -0.497 e. The molecule has 4 aliphatic heterocycles. The van der Waals surface area contributed by atoms with Crippen LogP contribution in [0.4, 0.5) is 46.3 Å². The Balaban J connectivity index is 0.000000126. The largest absolute Gasteiger partial charge is 0.497 e. The van der Waals surface area contributed by atoms with Crippen LogP contribution >= 0.6 is 46.4 Å². The molecule has 8 aromatic carbocycles. The summed E-state index contributed by atoms with van der Waals surface area (Å²) in [6.07, 6.45) is 2.83. The summed E-state index contributed by atoms with van der Waals surface area (Å²) in [5.41, 5.74) is 17.2. The molecule has 0 spiro atoms. The van der Waals surface area contributed by atoms with Crippen LogP contribution in [0.2, 0.25) is 20.1 Å². The molecule has 0 bridgehead atoms. The van der Waals surface area contributed by atoms with Crippen LogP contribution in [-0.2, 0) is 51.9 Å². The number of halogens is 5. The molecule has 0 aliphatic carbocycles. The minimum absolute atomic E-state index is 0.148. The Labute approximate surface area is 635 Å². The van der Waals surface area contributed by atoms with Crippen LogP contribution in [0.15, 0.2) is 194 Å². The van der Waals surface area contributed by atoms with E-state index in [1.54, 1.807) is 120 Å². The van der Waals surface area contributed by atoms with Crippen molar-refractivity contribution in [2.75, 3.05) is 68.8 Å². The average molecular weight is 1520 g/mol. The van der Waals surface area contributed by atoms with E-state index < -0.39 is 0 Å². The standard InChI is InChI=1S/3C20H19ClN4O2.C19H16ClFN4O/c1-27-16-7-2-4-13(10-16)19-17-12-25(9-8-18(17)23-24-19)20(26)22-15-6-3-5-14(21)11-15;1-27-18-8-3-2-7-15(18)19-16-12-25(10-9-17(16)23-24-19)20(26)22-14-6-4-5-13(21)11-14;1-27-16-7-5-13(6-8-16)19-17-12-25(10-9-18(17)23-24-19)20(26)22-15-4-2-3-14(21)11-15;20-12-4-3-5-13(10-12)22-19(26)25-9-8-17-15(11-25)18(24-23-17)14-6-1-2-7-16(14)21/h2-7,10-11H,8-9,12H2,1H3,(H,22,26)(H,23,24);2*2-8,11H,9-10,12H2,1H3,(H,22,26)(H,23,24);1-7,10H,8-9,11H2,(H,22,26)(H,23,24). The van der Waals surface area contributed by atoms with Gasteiger partial charge in [0.2, 0.25) is 0 Å². The van der Waals surface area contributed by atoms with Gasteiger partial charge >= 0.3 is 24.1 Å². The molecule has 0 fully saturated rings. The first-order chi connectivity index (χ1) is 52.0. The van der Waals surface area contributed by atoms with Gasteiger partial charge in [-0.05, 0) is 133 Å². The summed E-state index contributed by atoms with van der Waals surface area (Å²) in [4.78, 5) is 57.7. The zero-order valence-corrected chi connectivity index (χ0v) is 61.3. The molecule has 0 unspecified atom stereocenters. The third kappa shape index (κ3) is 17.8. The first kappa shape index (κ1) is 73.5. The minimum atomic E-state index is -0.331. The van der Waals surface area contributed by atoms with Gasteiger partial charge in [-0.2, -0.15) is 20.4 Å². The molecule has 107 heavy (non-hydrogen) atoms. The molecule has 4 aromatic heterocycles. The summed E-state index contributed by atoms with van der Waals surface area (Å²) in [5, 5.41) is 43.9. The van der Waals surface area contributed by atoms with Gasteiger partial charge in [0, 0.05) is 162 Å². The van der Waals surface area contributed by atoms with Gasteiger partial charge in [-0.3, -0.25) is 20.4 Å². The molecule has 23 nitrogen and oxygen atoms in total. The van der Waals surface area contributed by atoms with Gasteiger partial charge in [0.05, 0.1) is 58.9 Å². The zero-order chi connectivity index (χ0) is 74.5. The number of rotatable bonds is 11. The van der Waals surface area contributed by atoms with Crippen molar-refractivity contribution in [1.82, 2.24) is 60.4 Å². The Kier molecular flexibility index (Phi) is 23.3. The van der Waals surface area contributed by atoms with E-state index in [-0.39, 0.29) is 29.9 Å². The second kappa shape index (κ2) is 34.0. The molecule has 8 amide bonds. The highest BCUT2D eigenvalue weighted by Gasteiger charge is 2.31. The van der Waals surface area contributed by atoms with Crippen molar-refractivity contribution in [3.05, 3.63) is 265 Å². The van der Waals surface area contributed by atoms with E-state index in [1.807, 2.05) is 109 Å². The number of fused-ring (bicyclic) bond motifs is 4. The predicted molar refractivity (Wildman–Crippen MR) is 414 cm³/mol. The smallest absolute Gasteiger partial charge is 0.322 e. The maximum absolute atomic E-state index is 14.1. The van der Waals surface area contributed by atoms with Crippen LogP contribution < -0.4 is 35.5 Å². The van der Waals surface area contributed by atoms with Crippen LogP contribution in [0.5, 0.6) is 17.2 Å². The maximum atomic E-state index is 14.1. The fraction of sp³-hybridized carbons (Fsp3) is 0.190. The number of hydrogen-bond acceptors (Lipinski definition) is 11. The molecule has 0 radical (unpaired) electrons. The molecular weight excluding hydrogens is 1450 g/mol. The number of urea groups is 4. The number of aromatic nitrogens is 8. The molecular formula is C79H73Cl4FN16O7. The third-order valence-corrected chi connectivity index (χ3v) is 19.3. The number of H-pyrrole nitrogens is 4. The molecule has 0 saturated heterocycles. The van der Waals surface area contributed by atoms with E-state index >= 15 is 0 Å². The van der Waals surface area contributed by atoms with Gasteiger partial charge in [0.1, 0.15) is 34.5 Å². The lowest BCUT2D eigenvalue weighted by atomic mass is 10.0. The third-order valence-electron chi connectivity index (χ3n) is 18.4. The number of para-hydroxylation sites is 1. The van der Waals surface area contributed by atoms with E-state index in [1.165, 1.54) is 6.07 Å². The Bertz CT molecular complexity index is 5180. The van der Waals surface area contributed by atoms with Crippen LogP contribution in [0.3, 0.4) is 0 Å². The number of nitrogens with one attached hydrogen (secondary N) is 8. The number of hydrogen-bond donors (Lipinski definition) is 8. The Morgan fingerprint density at radius 2 is 0.710 bits per heavy atom. The number of nitrogens with zero attached hydrogens (tertiary/aromatic N) is 8. The van der Waals surface area contributed by atoms with Gasteiger partial charge in [-0.15, -0.1) is 0 Å². The van der Waals surface area contributed by atoms with E-state index in [2.05, 4.69) is 62.1 Å². The molecule has 0 saturated carbocycles. The summed E-state index contributed by atoms with van der Waals surface area (Å²) in [6.45, 7) is 4.26. The SMILES string of the molecule is COc1ccc(-c2n[nH]c3c2CN(C(=O)Nc2cccc(Cl)c2)CC3)cc1.COc1cccc(-c2n[nH]c3c2CN(C(=O)Nc2cccc(Cl)c2)CC3)c1.COc1ccccc1-c1n[nH]c2c1CN(C(=O)Nc1cccc(Cl)c1)CC2.O=C(Nc1cccc(Cl)c1)N1CCc2[nH]nc(-c3ccccc3F)c2C1. The number of carbonyl (C=O) groups is 4. The quantitative estimate of drug-likeness (QED) is 0.0603. The monoisotopic (exact) mass is 1520 g/mol. The lowest BCUT2D eigenvalue weighted by Crippen LogP contribution is -2.38. The average Bonchev–Trinajstić information content (AvgIpc) is 1.69. The van der Waals surface area contributed by atoms with E-state index in [9.17, 15) is 23.6 Å². The van der Waals surface area contributed by atoms with Crippen molar-refractivity contribution in [2.24, 2.45) is 0 Å². The highest BCUT2D eigenvalue weighted by molar-refractivity contribution is 6.32. The van der Waals surface area contributed by atoms with Crippen molar-refractivity contribution >= 4 is 93.3 Å². The molecule has 12 aromatic rings.